The second-order valence-electron chi connectivity index (χ2n) is 4.66. The molecule has 1 aliphatic heterocycles. The lowest BCUT2D eigenvalue weighted by Gasteiger charge is -2.31. The number of rotatable bonds is 4. The molecule has 8 heteroatoms. The number of carbonyl (C=O) groups is 1. The van der Waals surface area contributed by atoms with Crippen molar-refractivity contribution in [3.8, 4) is 0 Å². The molecule has 1 aromatic rings. The average Bonchev–Trinajstić information content (AvgIpc) is 2.46. The van der Waals surface area contributed by atoms with Gasteiger partial charge in [-0.05, 0) is 31.4 Å². The van der Waals surface area contributed by atoms with E-state index in [9.17, 15) is 4.79 Å². The van der Waals surface area contributed by atoms with Crippen molar-refractivity contribution in [1.29, 1.82) is 0 Å². The first kappa shape index (κ1) is 14.8. The Morgan fingerprint density at radius 3 is 2.95 bits per heavy atom. The normalized spacial score (nSPS) is 18.8. The summed E-state index contributed by atoms with van der Waals surface area (Å²) in [5, 5.41) is 5.87. The topological polar surface area (TPSA) is 83.0 Å². The van der Waals surface area contributed by atoms with Crippen LogP contribution in [0.15, 0.2) is 0 Å². The lowest BCUT2D eigenvalue weighted by Crippen LogP contribution is -2.43. The first-order valence-corrected chi connectivity index (χ1v) is 7.13. The fourth-order valence-electron chi connectivity index (χ4n) is 2.30. The largest absolute Gasteiger partial charge is 0.359 e. The first-order valence-electron chi connectivity index (χ1n) is 6.76. The number of halogens is 1. The Hall–Kier alpha value is -1.63. The minimum absolute atomic E-state index is 0.0353. The van der Waals surface area contributed by atoms with Gasteiger partial charge < -0.3 is 15.5 Å². The van der Waals surface area contributed by atoms with Gasteiger partial charge in [-0.3, -0.25) is 4.79 Å². The number of hydrogen-bond donors (Lipinski definition) is 2. The standard InChI is InChI=1S/C12H19ClN6O/c1-3-15-11-16-10(13)17-12(18-11)19-6-4-5-8(7-19)9(20)14-2/h8H,3-7H2,1-2H3,(H,14,20)(H,15,16,17,18). The van der Waals surface area contributed by atoms with E-state index in [-0.39, 0.29) is 17.1 Å². The minimum atomic E-state index is -0.0353. The maximum absolute atomic E-state index is 11.8. The van der Waals surface area contributed by atoms with E-state index in [4.69, 9.17) is 11.6 Å². The van der Waals surface area contributed by atoms with E-state index in [1.54, 1.807) is 7.05 Å². The van der Waals surface area contributed by atoms with Crippen LogP contribution in [0.5, 0.6) is 0 Å². The predicted molar refractivity (Wildman–Crippen MR) is 78.0 cm³/mol. The number of nitrogens with one attached hydrogen (secondary N) is 2. The molecule has 1 fully saturated rings. The fraction of sp³-hybridized carbons (Fsp3) is 0.667. The van der Waals surface area contributed by atoms with Gasteiger partial charge in [0.15, 0.2) is 0 Å². The second-order valence-corrected chi connectivity index (χ2v) is 5.00. The van der Waals surface area contributed by atoms with E-state index < -0.39 is 0 Å². The lowest BCUT2D eigenvalue weighted by atomic mass is 9.97. The number of anilines is 2. The van der Waals surface area contributed by atoms with Gasteiger partial charge in [0, 0.05) is 26.7 Å². The van der Waals surface area contributed by atoms with E-state index in [1.165, 1.54) is 0 Å². The third-order valence-electron chi connectivity index (χ3n) is 3.25. The summed E-state index contributed by atoms with van der Waals surface area (Å²) < 4.78 is 0. The zero-order valence-electron chi connectivity index (χ0n) is 11.7. The summed E-state index contributed by atoms with van der Waals surface area (Å²) in [6.07, 6.45) is 1.81. The van der Waals surface area contributed by atoms with Crippen LogP contribution in [0.4, 0.5) is 11.9 Å². The van der Waals surface area contributed by atoms with Crippen molar-refractivity contribution in [3.63, 3.8) is 0 Å². The van der Waals surface area contributed by atoms with Crippen LogP contribution in [0.3, 0.4) is 0 Å². The molecule has 0 spiro atoms. The molecule has 2 rings (SSSR count). The van der Waals surface area contributed by atoms with Crippen LogP contribution in [0.25, 0.3) is 0 Å². The number of carbonyl (C=O) groups excluding carboxylic acids is 1. The van der Waals surface area contributed by atoms with Gasteiger partial charge in [0.1, 0.15) is 0 Å². The van der Waals surface area contributed by atoms with Crippen molar-refractivity contribution in [2.45, 2.75) is 19.8 Å². The van der Waals surface area contributed by atoms with Crippen LogP contribution >= 0.6 is 11.6 Å². The van der Waals surface area contributed by atoms with Crippen molar-refractivity contribution in [2.75, 3.05) is 36.9 Å². The third kappa shape index (κ3) is 3.47. The van der Waals surface area contributed by atoms with Crippen molar-refractivity contribution < 1.29 is 4.79 Å². The molecule has 7 nitrogen and oxygen atoms in total. The Morgan fingerprint density at radius 1 is 1.45 bits per heavy atom. The highest BCUT2D eigenvalue weighted by atomic mass is 35.5. The highest BCUT2D eigenvalue weighted by Gasteiger charge is 2.27. The molecule has 0 aromatic carbocycles. The summed E-state index contributed by atoms with van der Waals surface area (Å²) >= 11 is 5.92. The monoisotopic (exact) mass is 298 g/mol. The van der Waals surface area contributed by atoms with Crippen molar-refractivity contribution in [1.82, 2.24) is 20.3 Å². The van der Waals surface area contributed by atoms with Gasteiger partial charge in [-0.1, -0.05) is 0 Å². The average molecular weight is 299 g/mol. The van der Waals surface area contributed by atoms with Crippen molar-refractivity contribution >= 4 is 29.4 Å². The molecule has 2 heterocycles. The SMILES string of the molecule is CCNc1nc(Cl)nc(N2CCCC(C(=O)NC)C2)n1. The molecule has 0 aliphatic carbocycles. The van der Waals surface area contributed by atoms with Crippen LogP contribution in [-0.2, 0) is 4.79 Å². The molecule has 0 radical (unpaired) electrons. The Morgan fingerprint density at radius 2 is 2.25 bits per heavy atom. The molecule has 1 amide bonds. The van der Waals surface area contributed by atoms with Gasteiger partial charge in [-0.15, -0.1) is 0 Å². The summed E-state index contributed by atoms with van der Waals surface area (Å²) in [5.74, 6) is 1.01. The van der Waals surface area contributed by atoms with Gasteiger partial charge in [0.05, 0.1) is 5.92 Å². The third-order valence-corrected chi connectivity index (χ3v) is 3.42. The molecular weight excluding hydrogens is 280 g/mol. The Kier molecular flexibility index (Phi) is 4.94. The molecule has 20 heavy (non-hydrogen) atoms. The summed E-state index contributed by atoms with van der Waals surface area (Å²) in [6.45, 7) is 4.09. The Bertz CT molecular complexity index is 483. The second kappa shape index (κ2) is 6.69. The Balaban J connectivity index is 2.15. The Labute approximate surface area is 123 Å². The summed E-state index contributed by atoms with van der Waals surface area (Å²) in [4.78, 5) is 26.2. The number of aromatic nitrogens is 3. The summed E-state index contributed by atoms with van der Waals surface area (Å²) in [6, 6.07) is 0. The maximum Gasteiger partial charge on any atom is 0.231 e. The quantitative estimate of drug-likeness (QED) is 0.860. The summed E-state index contributed by atoms with van der Waals surface area (Å²) in [7, 11) is 1.66. The maximum atomic E-state index is 11.8. The molecular formula is C12H19ClN6O. The molecule has 0 saturated carbocycles. The van der Waals surface area contributed by atoms with Crippen LogP contribution in [-0.4, -0.2) is 47.5 Å². The highest BCUT2D eigenvalue weighted by molar-refractivity contribution is 6.28. The first-order chi connectivity index (χ1) is 9.63. The van der Waals surface area contributed by atoms with E-state index in [1.807, 2.05) is 11.8 Å². The molecule has 1 aliphatic rings. The zero-order valence-corrected chi connectivity index (χ0v) is 12.4. The van der Waals surface area contributed by atoms with Gasteiger partial charge in [-0.2, -0.15) is 15.0 Å². The van der Waals surface area contributed by atoms with Gasteiger partial charge in [0.25, 0.3) is 0 Å². The van der Waals surface area contributed by atoms with E-state index in [0.29, 0.717) is 25.0 Å². The van der Waals surface area contributed by atoms with E-state index >= 15 is 0 Å². The zero-order chi connectivity index (χ0) is 14.5. The van der Waals surface area contributed by atoms with Crippen LogP contribution in [0, 0.1) is 5.92 Å². The van der Waals surface area contributed by atoms with Gasteiger partial charge in [-0.25, -0.2) is 0 Å². The number of hydrogen-bond acceptors (Lipinski definition) is 6. The van der Waals surface area contributed by atoms with Crippen LogP contribution in [0.1, 0.15) is 19.8 Å². The molecule has 2 N–H and O–H groups in total. The van der Waals surface area contributed by atoms with Crippen LogP contribution < -0.4 is 15.5 Å². The molecule has 1 saturated heterocycles. The minimum Gasteiger partial charge on any atom is -0.359 e. The van der Waals surface area contributed by atoms with Crippen molar-refractivity contribution in [3.05, 3.63) is 5.28 Å². The molecule has 1 aromatic heterocycles. The molecule has 110 valence electrons. The number of nitrogens with zero attached hydrogens (tertiary/aromatic N) is 4. The van der Waals surface area contributed by atoms with Crippen LogP contribution in [0.2, 0.25) is 5.28 Å². The van der Waals surface area contributed by atoms with Gasteiger partial charge in [0.2, 0.25) is 23.1 Å². The highest BCUT2D eigenvalue weighted by Crippen LogP contribution is 2.22. The van der Waals surface area contributed by atoms with E-state index in [2.05, 4.69) is 25.6 Å². The lowest BCUT2D eigenvalue weighted by molar-refractivity contribution is -0.124. The molecule has 1 unspecified atom stereocenters. The smallest absolute Gasteiger partial charge is 0.231 e. The fourth-order valence-corrected chi connectivity index (χ4v) is 2.45. The molecule has 0 bridgehead atoms. The summed E-state index contributed by atoms with van der Waals surface area (Å²) in [5.41, 5.74) is 0. The van der Waals surface area contributed by atoms with E-state index in [0.717, 1.165) is 19.4 Å². The molecule has 1 atom stereocenters. The predicted octanol–water partition coefficient (Wildman–Crippen LogP) is 0.919. The van der Waals surface area contributed by atoms with Crippen molar-refractivity contribution in [2.24, 2.45) is 5.92 Å². The number of amides is 1. The number of piperidine rings is 1. The van der Waals surface area contributed by atoms with Gasteiger partial charge >= 0.3 is 0 Å².